The van der Waals surface area contributed by atoms with Gasteiger partial charge < -0.3 is 4.42 Å². The number of carbonyl (C=O) groups is 3. The summed E-state index contributed by atoms with van der Waals surface area (Å²) in [4.78, 5) is 35.8. The van der Waals surface area contributed by atoms with E-state index >= 15 is 0 Å². The normalized spacial score (nSPS) is 10.3. The molecule has 126 valence electrons. The van der Waals surface area contributed by atoms with Crippen LogP contribution in [0.1, 0.15) is 20.9 Å². The van der Waals surface area contributed by atoms with Crippen LogP contribution in [0.2, 0.25) is 0 Å². The molecule has 8 heteroatoms. The predicted octanol–water partition coefficient (Wildman–Crippen LogP) is 2.82. The van der Waals surface area contributed by atoms with Crippen molar-refractivity contribution >= 4 is 51.4 Å². The Morgan fingerprint density at radius 3 is 2.36 bits per heavy atom. The van der Waals surface area contributed by atoms with Gasteiger partial charge in [-0.25, -0.2) is 10.2 Å². The van der Waals surface area contributed by atoms with Gasteiger partial charge >= 0.3 is 6.03 Å². The Hall–Kier alpha value is -2.88. The summed E-state index contributed by atoms with van der Waals surface area (Å²) in [5.41, 5.74) is 5.31. The van der Waals surface area contributed by atoms with Crippen molar-refractivity contribution < 1.29 is 18.8 Å². The molecule has 7 nitrogen and oxygen atoms in total. The van der Waals surface area contributed by atoms with Crippen LogP contribution in [0.5, 0.6) is 0 Å². The molecule has 0 fully saturated rings. The number of hydrogen-bond donors (Lipinski definition) is 3. The number of furan rings is 1. The molecule has 0 atom stereocenters. The number of amides is 4. The van der Waals surface area contributed by atoms with E-state index in [2.05, 4.69) is 16.2 Å². The molecule has 0 unspecified atom stereocenters. The van der Waals surface area contributed by atoms with Crippen LogP contribution in [0.4, 0.5) is 4.79 Å². The number of fused-ring (bicyclic) bond motifs is 1. The summed E-state index contributed by atoms with van der Waals surface area (Å²) in [6.45, 7) is 0. The Balaban J connectivity index is 1.58. The lowest BCUT2D eigenvalue weighted by molar-refractivity contribution is 0.0908. The quantitative estimate of drug-likeness (QED) is 0.414. The molecule has 0 radical (unpaired) electrons. The van der Waals surface area contributed by atoms with Gasteiger partial charge in [-0.15, -0.1) is 0 Å². The molecule has 3 N–H and O–H groups in total. The van der Waals surface area contributed by atoms with Gasteiger partial charge in [0.1, 0.15) is 5.58 Å². The molecule has 0 saturated carbocycles. The Morgan fingerprint density at radius 2 is 1.60 bits per heavy atom. The lowest BCUT2D eigenvalue weighted by Crippen LogP contribution is -2.48. The minimum absolute atomic E-state index is 0.000263. The molecule has 0 bridgehead atoms. The summed E-state index contributed by atoms with van der Waals surface area (Å²) < 4.78 is 6.10. The summed E-state index contributed by atoms with van der Waals surface area (Å²) in [7, 11) is 0. The van der Waals surface area contributed by atoms with E-state index in [4.69, 9.17) is 4.42 Å². The van der Waals surface area contributed by atoms with Gasteiger partial charge in [0.05, 0.1) is 5.56 Å². The van der Waals surface area contributed by atoms with Gasteiger partial charge in [0.25, 0.3) is 11.8 Å². The monoisotopic (exact) mass is 449 g/mol. The number of halogens is 1. The zero-order valence-electron chi connectivity index (χ0n) is 12.7. The van der Waals surface area contributed by atoms with Gasteiger partial charge in [0.2, 0.25) is 0 Å². The smallest absolute Gasteiger partial charge is 0.340 e. The van der Waals surface area contributed by atoms with Crippen LogP contribution in [0.3, 0.4) is 0 Å². The Labute approximate surface area is 155 Å². The number of para-hydroxylation sites is 1. The number of carbonyl (C=O) groups excluding carboxylic acids is 3. The molecule has 2 aromatic carbocycles. The molecule has 25 heavy (non-hydrogen) atoms. The van der Waals surface area contributed by atoms with Gasteiger partial charge in [0.15, 0.2) is 5.76 Å². The van der Waals surface area contributed by atoms with Crippen LogP contribution in [-0.4, -0.2) is 17.8 Å². The molecule has 1 aromatic heterocycles. The minimum Gasteiger partial charge on any atom is -0.451 e. The summed E-state index contributed by atoms with van der Waals surface area (Å²) in [5, 5.41) is 2.83. The first-order chi connectivity index (χ1) is 12.0. The predicted molar refractivity (Wildman–Crippen MR) is 98.8 cm³/mol. The van der Waals surface area contributed by atoms with Crippen LogP contribution in [0.25, 0.3) is 11.0 Å². The van der Waals surface area contributed by atoms with Crippen LogP contribution in [0.15, 0.2) is 59.0 Å². The van der Waals surface area contributed by atoms with Crippen molar-refractivity contribution in [2.75, 3.05) is 0 Å². The fourth-order valence-electron chi connectivity index (χ4n) is 2.12. The van der Waals surface area contributed by atoms with E-state index in [-0.39, 0.29) is 5.76 Å². The molecule has 1 heterocycles. The summed E-state index contributed by atoms with van der Waals surface area (Å²) >= 11 is 2.01. The van der Waals surface area contributed by atoms with E-state index < -0.39 is 17.8 Å². The molecule has 0 spiro atoms. The number of hydrazine groups is 1. The number of imide groups is 1. The maximum absolute atomic E-state index is 12.0. The molecule has 3 rings (SSSR count). The lowest BCUT2D eigenvalue weighted by atomic mass is 10.2. The van der Waals surface area contributed by atoms with Crippen molar-refractivity contribution in [3.8, 4) is 0 Å². The number of urea groups is 1. The summed E-state index contributed by atoms with van der Waals surface area (Å²) in [6.07, 6.45) is 0. The van der Waals surface area contributed by atoms with Gasteiger partial charge in [-0.3, -0.25) is 20.3 Å². The van der Waals surface area contributed by atoms with Gasteiger partial charge in [-0.05, 0) is 46.9 Å². The first-order valence-electron chi connectivity index (χ1n) is 7.19. The maximum Gasteiger partial charge on any atom is 0.340 e. The summed E-state index contributed by atoms with van der Waals surface area (Å²) in [6, 6.07) is 14.6. The second-order valence-electron chi connectivity index (χ2n) is 4.99. The topological polar surface area (TPSA) is 100 Å². The number of benzene rings is 2. The van der Waals surface area contributed by atoms with Crippen molar-refractivity contribution in [2.24, 2.45) is 0 Å². The molecule has 0 aliphatic rings. The summed E-state index contributed by atoms with van der Waals surface area (Å²) in [5.74, 6) is -1.20. The number of nitrogens with one attached hydrogen (secondary N) is 3. The zero-order valence-corrected chi connectivity index (χ0v) is 14.9. The molecule has 0 aliphatic carbocycles. The number of hydrogen-bond acceptors (Lipinski definition) is 4. The Kier molecular flexibility index (Phi) is 4.98. The first-order valence-corrected chi connectivity index (χ1v) is 8.27. The average molecular weight is 449 g/mol. The third-order valence-electron chi connectivity index (χ3n) is 3.28. The maximum atomic E-state index is 12.0. The van der Waals surface area contributed by atoms with Gasteiger partial charge in [-0.1, -0.05) is 30.3 Å². The van der Waals surface area contributed by atoms with Crippen molar-refractivity contribution in [2.45, 2.75) is 0 Å². The van der Waals surface area contributed by atoms with E-state index in [1.54, 1.807) is 42.5 Å². The molecule has 4 amide bonds. The molecule has 0 aliphatic heterocycles. The highest BCUT2D eigenvalue weighted by Crippen LogP contribution is 2.18. The second-order valence-corrected chi connectivity index (χ2v) is 6.15. The van der Waals surface area contributed by atoms with Crippen molar-refractivity contribution in [1.82, 2.24) is 16.2 Å². The van der Waals surface area contributed by atoms with Crippen LogP contribution in [0, 0.1) is 3.57 Å². The minimum atomic E-state index is -0.871. The van der Waals surface area contributed by atoms with E-state index in [1.807, 2.05) is 28.7 Å². The molecular weight excluding hydrogens is 437 g/mol. The highest BCUT2D eigenvalue weighted by molar-refractivity contribution is 14.1. The van der Waals surface area contributed by atoms with Crippen molar-refractivity contribution in [3.63, 3.8) is 0 Å². The van der Waals surface area contributed by atoms with Crippen molar-refractivity contribution in [1.29, 1.82) is 0 Å². The zero-order chi connectivity index (χ0) is 17.8. The SMILES string of the molecule is O=C(NNC(=O)c1ccccc1I)NC(=O)c1cc2ccccc2o1. The van der Waals surface area contributed by atoms with Crippen LogP contribution in [-0.2, 0) is 0 Å². The Bertz CT molecular complexity index is 934. The average Bonchev–Trinajstić information content (AvgIpc) is 3.04. The highest BCUT2D eigenvalue weighted by Gasteiger charge is 2.16. The molecular formula is C17H12IN3O4. The lowest BCUT2D eigenvalue weighted by Gasteiger charge is -2.08. The second kappa shape index (κ2) is 7.34. The highest BCUT2D eigenvalue weighted by atomic mass is 127. The van der Waals surface area contributed by atoms with Gasteiger partial charge in [-0.2, -0.15) is 0 Å². The van der Waals surface area contributed by atoms with Crippen LogP contribution >= 0.6 is 22.6 Å². The van der Waals surface area contributed by atoms with E-state index in [9.17, 15) is 14.4 Å². The van der Waals surface area contributed by atoms with Crippen LogP contribution < -0.4 is 16.2 Å². The number of rotatable bonds is 2. The van der Waals surface area contributed by atoms with Gasteiger partial charge in [0, 0.05) is 8.96 Å². The van der Waals surface area contributed by atoms with E-state index in [1.165, 1.54) is 6.07 Å². The fourth-order valence-corrected chi connectivity index (χ4v) is 2.75. The molecule has 3 aromatic rings. The van der Waals surface area contributed by atoms with E-state index in [0.717, 1.165) is 8.96 Å². The molecule has 0 saturated heterocycles. The van der Waals surface area contributed by atoms with E-state index in [0.29, 0.717) is 11.1 Å². The van der Waals surface area contributed by atoms with Crippen molar-refractivity contribution in [3.05, 3.63) is 69.5 Å². The fraction of sp³-hybridized carbons (Fsp3) is 0. The third kappa shape index (κ3) is 3.97. The Morgan fingerprint density at radius 1 is 0.880 bits per heavy atom. The first kappa shape index (κ1) is 17.0. The standard InChI is InChI=1S/C17H12IN3O4/c18-12-7-3-2-6-11(12)15(22)20-21-17(24)19-16(23)14-9-10-5-1-4-8-13(10)25-14/h1-9H,(H,20,22)(H2,19,21,23,24). The third-order valence-corrected chi connectivity index (χ3v) is 4.23. The largest absolute Gasteiger partial charge is 0.451 e.